The number of amides is 1. The highest BCUT2D eigenvalue weighted by molar-refractivity contribution is 9.09. The van der Waals surface area contributed by atoms with E-state index in [2.05, 4.69) is 20.8 Å². The quantitative estimate of drug-likeness (QED) is 0.717. The summed E-state index contributed by atoms with van der Waals surface area (Å²) >= 11 is 3.48. The van der Waals surface area contributed by atoms with Crippen molar-refractivity contribution in [2.24, 2.45) is 11.8 Å². The predicted octanol–water partition coefficient (Wildman–Crippen LogP) is 1.41. The molecule has 0 spiro atoms. The number of fused-ring (bicyclic) bond motifs is 3. The highest BCUT2D eigenvalue weighted by Crippen LogP contribution is 2.48. The molecule has 0 aromatic carbocycles. The summed E-state index contributed by atoms with van der Waals surface area (Å²) in [7, 11) is 2.04. The Bertz CT molecular complexity index is 424. The van der Waals surface area contributed by atoms with E-state index >= 15 is 0 Å². The molecule has 120 valence electrons. The van der Waals surface area contributed by atoms with Crippen LogP contribution < -0.4 is 0 Å². The summed E-state index contributed by atoms with van der Waals surface area (Å²) in [6.07, 6.45) is 1.92. The molecule has 3 rings (SSSR count). The number of halogens is 2. The third-order valence-corrected chi connectivity index (χ3v) is 6.86. The molecule has 2 heterocycles. The first-order chi connectivity index (χ1) is 9.95. The van der Waals surface area contributed by atoms with E-state index in [4.69, 9.17) is 5.11 Å². The number of rotatable bonds is 1. The van der Waals surface area contributed by atoms with Crippen LogP contribution in [0.25, 0.3) is 0 Å². The maximum Gasteiger partial charge on any atom is 0.248 e. The van der Waals surface area contributed by atoms with Crippen LogP contribution in [0.1, 0.15) is 26.2 Å². The second kappa shape index (κ2) is 5.78. The van der Waals surface area contributed by atoms with Gasteiger partial charge in [0.25, 0.3) is 0 Å². The van der Waals surface area contributed by atoms with Crippen LogP contribution >= 0.6 is 15.9 Å². The molecular formula is C15H24BrFN2O2. The topological polar surface area (TPSA) is 43.8 Å². The van der Waals surface area contributed by atoms with Gasteiger partial charge in [-0.3, -0.25) is 9.69 Å². The van der Waals surface area contributed by atoms with Crippen LogP contribution in [0.5, 0.6) is 0 Å². The van der Waals surface area contributed by atoms with Gasteiger partial charge in [0.1, 0.15) is 12.8 Å². The molecule has 2 saturated heterocycles. The van der Waals surface area contributed by atoms with Gasteiger partial charge in [-0.05, 0) is 45.1 Å². The third kappa shape index (κ3) is 2.43. The standard InChI is InChI=1S/C15H24BrFN2O2/c1-8-5-12-10(6-19(8)13(21)7-20)9-3-4-11(16)14(17)15(9)18(12)2/h8-12,14-15,20H,3-7H2,1-2H3/t8-,9?,10?,11?,12?,14?,15?/m1/s1. The van der Waals surface area contributed by atoms with Crippen molar-refractivity contribution in [1.29, 1.82) is 0 Å². The van der Waals surface area contributed by atoms with Gasteiger partial charge < -0.3 is 10.0 Å². The molecule has 0 aromatic rings. The zero-order valence-electron chi connectivity index (χ0n) is 12.6. The average Bonchev–Trinajstić information content (AvgIpc) is 2.74. The second-order valence-corrected chi connectivity index (χ2v) is 8.05. The van der Waals surface area contributed by atoms with Crippen molar-refractivity contribution in [3.8, 4) is 0 Å². The molecule has 2 aliphatic heterocycles. The van der Waals surface area contributed by atoms with Gasteiger partial charge >= 0.3 is 0 Å². The molecular weight excluding hydrogens is 339 g/mol. The van der Waals surface area contributed by atoms with Gasteiger partial charge in [-0.2, -0.15) is 0 Å². The summed E-state index contributed by atoms with van der Waals surface area (Å²) < 4.78 is 14.6. The van der Waals surface area contributed by atoms with Crippen molar-refractivity contribution >= 4 is 21.8 Å². The first-order valence-corrected chi connectivity index (χ1v) is 8.77. The molecule has 6 unspecified atom stereocenters. The van der Waals surface area contributed by atoms with Gasteiger partial charge in [0.15, 0.2) is 0 Å². The molecule has 1 saturated carbocycles. The van der Waals surface area contributed by atoms with Gasteiger partial charge in [-0.15, -0.1) is 0 Å². The molecule has 6 heteroatoms. The molecule has 0 radical (unpaired) electrons. The Morgan fingerprint density at radius 1 is 1.38 bits per heavy atom. The molecule has 3 aliphatic rings. The molecule has 21 heavy (non-hydrogen) atoms. The van der Waals surface area contributed by atoms with Crippen LogP contribution in [-0.2, 0) is 4.79 Å². The second-order valence-electron chi connectivity index (χ2n) is 6.88. The van der Waals surface area contributed by atoms with Gasteiger partial charge in [0, 0.05) is 29.5 Å². The summed E-state index contributed by atoms with van der Waals surface area (Å²) in [5.41, 5.74) is 0. The van der Waals surface area contributed by atoms with Crippen molar-refractivity contribution in [2.75, 3.05) is 20.2 Å². The SMILES string of the molecule is C[C@@H]1CC2C(CN1C(=O)CO)C1CCC(Br)C(F)C1N2C. The van der Waals surface area contributed by atoms with Crippen LogP contribution in [0, 0.1) is 11.8 Å². The van der Waals surface area contributed by atoms with E-state index in [1.807, 2.05) is 14.0 Å². The van der Waals surface area contributed by atoms with Crippen molar-refractivity contribution < 1.29 is 14.3 Å². The molecule has 1 N–H and O–H groups in total. The number of likely N-dealkylation sites (tertiary alicyclic amines) is 2. The smallest absolute Gasteiger partial charge is 0.248 e. The molecule has 7 atom stereocenters. The van der Waals surface area contributed by atoms with Crippen molar-refractivity contribution in [2.45, 2.75) is 55.3 Å². The van der Waals surface area contributed by atoms with Crippen LogP contribution in [-0.4, -0.2) is 70.1 Å². The number of nitrogens with zero attached hydrogens (tertiary/aromatic N) is 2. The lowest BCUT2D eigenvalue weighted by Gasteiger charge is -2.42. The first-order valence-electron chi connectivity index (χ1n) is 7.86. The van der Waals surface area contributed by atoms with E-state index in [0.29, 0.717) is 24.4 Å². The number of aliphatic hydroxyl groups is 1. The summed E-state index contributed by atoms with van der Waals surface area (Å²) in [6.45, 7) is 2.26. The molecule has 0 bridgehead atoms. The number of carbonyl (C=O) groups excluding carboxylic acids is 1. The summed E-state index contributed by atoms with van der Waals surface area (Å²) in [5.74, 6) is 0.466. The zero-order valence-corrected chi connectivity index (χ0v) is 14.2. The third-order valence-electron chi connectivity index (χ3n) is 5.90. The Labute approximate surface area is 133 Å². The Balaban J connectivity index is 1.83. The fraction of sp³-hybridized carbons (Fsp3) is 0.933. The average molecular weight is 363 g/mol. The minimum Gasteiger partial charge on any atom is -0.387 e. The largest absolute Gasteiger partial charge is 0.387 e. The van der Waals surface area contributed by atoms with Crippen LogP contribution in [0.4, 0.5) is 4.39 Å². The number of alkyl halides is 2. The molecule has 1 aliphatic carbocycles. The van der Waals surface area contributed by atoms with E-state index in [1.165, 1.54) is 0 Å². The summed E-state index contributed by atoms with van der Waals surface area (Å²) in [4.78, 5) is 15.9. The van der Waals surface area contributed by atoms with E-state index in [-0.39, 0.29) is 22.8 Å². The predicted molar refractivity (Wildman–Crippen MR) is 82.0 cm³/mol. The molecule has 4 nitrogen and oxygen atoms in total. The van der Waals surface area contributed by atoms with E-state index in [1.54, 1.807) is 4.90 Å². The maximum atomic E-state index is 14.6. The fourth-order valence-electron chi connectivity index (χ4n) is 4.85. The van der Waals surface area contributed by atoms with Gasteiger partial charge in [-0.25, -0.2) is 4.39 Å². The number of hydrogen-bond acceptors (Lipinski definition) is 3. The number of aliphatic hydroxyl groups excluding tert-OH is 1. The Morgan fingerprint density at radius 2 is 2.10 bits per heavy atom. The Morgan fingerprint density at radius 3 is 2.76 bits per heavy atom. The van der Waals surface area contributed by atoms with Crippen LogP contribution in [0.15, 0.2) is 0 Å². The normalized spacial score (nSPS) is 47.1. The van der Waals surface area contributed by atoms with Crippen molar-refractivity contribution in [1.82, 2.24) is 9.80 Å². The fourth-order valence-corrected chi connectivity index (χ4v) is 5.43. The van der Waals surface area contributed by atoms with E-state index < -0.39 is 12.8 Å². The number of piperidine rings is 1. The summed E-state index contributed by atoms with van der Waals surface area (Å²) in [6, 6.07) is 0.439. The lowest BCUT2D eigenvalue weighted by Crippen LogP contribution is -2.53. The molecule has 0 aromatic heterocycles. The minimum absolute atomic E-state index is 0.0329. The molecule has 1 amide bonds. The van der Waals surface area contributed by atoms with Crippen molar-refractivity contribution in [3.05, 3.63) is 0 Å². The van der Waals surface area contributed by atoms with Gasteiger partial charge in [-0.1, -0.05) is 15.9 Å². The lowest BCUT2D eigenvalue weighted by molar-refractivity contribution is -0.139. The number of carbonyl (C=O) groups is 1. The summed E-state index contributed by atoms with van der Waals surface area (Å²) in [5, 5.41) is 9.14. The zero-order chi connectivity index (χ0) is 15.3. The van der Waals surface area contributed by atoms with E-state index in [9.17, 15) is 9.18 Å². The Kier molecular flexibility index (Phi) is 4.32. The van der Waals surface area contributed by atoms with Crippen LogP contribution in [0.3, 0.4) is 0 Å². The maximum absolute atomic E-state index is 14.6. The first kappa shape index (κ1) is 15.7. The minimum atomic E-state index is -0.836. The highest BCUT2D eigenvalue weighted by atomic mass is 79.9. The monoisotopic (exact) mass is 362 g/mol. The van der Waals surface area contributed by atoms with Crippen LogP contribution in [0.2, 0.25) is 0 Å². The van der Waals surface area contributed by atoms with Gasteiger partial charge in [0.05, 0.1) is 0 Å². The Hall–Kier alpha value is -0.200. The number of hydrogen-bond donors (Lipinski definition) is 1. The van der Waals surface area contributed by atoms with Crippen molar-refractivity contribution in [3.63, 3.8) is 0 Å². The van der Waals surface area contributed by atoms with Gasteiger partial charge in [0.2, 0.25) is 5.91 Å². The molecule has 3 fully saturated rings. The van der Waals surface area contributed by atoms with E-state index in [0.717, 1.165) is 19.3 Å². The lowest BCUT2D eigenvalue weighted by atomic mass is 9.75. The highest BCUT2D eigenvalue weighted by Gasteiger charge is 2.56.